The molecule has 4 nitrogen and oxygen atoms in total. The van der Waals surface area contributed by atoms with Gasteiger partial charge in [-0.2, -0.15) is 0 Å². The minimum atomic E-state index is -0.311. The summed E-state index contributed by atoms with van der Waals surface area (Å²) in [5.41, 5.74) is 6.09. The summed E-state index contributed by atoms with van der Waals surface area (Å²) in [4.78, 5) is 14.1. The Hall–Kier alpha value is -1.85. The first kappa shape index (κ1) is 18.5. The zero-order valence-electron chi connectivity index (χ0n) is 13.4. The summed E-state index contributed by atoms with van der Waals surface area (Å²) in [5.74, 6) is 1.44. The van der Waals surface area contributed by atoms with E-state index in [2.05, 4.69) is 0 Å². The second-order valence-electron chi connectivity index (χ2n) is 5.98. The lowest BCUT2D eigenvalue weighted by Gasteiger charge is -2.15. The first-order chi connectivity index (χ1) is 11.2. The van der Waals surface area contributed by atoms with Gasteiger partial charge >= 0.3 is 0 Å². The van der Waals surface area contributed by atoms with Crippen molar-refractivity contribution >= 4 is 18.3 Å². The van der Waals surface area contributed by atoms with Crippen molar-refractivity contribution in [3.63, 3.8) is 0 Å². The Bertz CT molecular complexity index is 689. The van der Waals surface area contributed by atoms with Crippen LogP contribution in [0.4, 0.5) is 4.39 Å². The number of rotatable bonds is 5. The first-order valence-electron chi connectivity index (χ1n) is 7.99. The molecule has 0 spiro atoms. The Morgan fingerprint density at radius 1 is 1.29 bits per heavy atom. The highest BCUT2D eigenvalue weighted by Gasteiger charge is 2.25. The number of carbonyl (C=O) groups excluding carboxylic acids is 1. The second-order valence-corrected chi connectivity index (χ2v) is 5.98. The van der Waals surface area contributed by atoms with E-state index in [1.54, 1.807) is 24.3 Å². The normalized spacial score (nSPS) is 16.9. The zero-order chi connectivity index (χ0) is 16.2. The van der Waals surface area contributed by atoms with Crippen LogP contribution in [0, 0.1) is 11.7 Å². The van der Waals surface area contributed by atoms with E-state index in [0.717, 1.165) is 19.5 Å². The molecular weight excluding hydrogens is 331 g/mol. The quantitative estimate of drug-likeness (QED) is 0.898. The molecule has 0 aliphatic carbocycles. The van der Waals surface area contributed by atoms with E-state index in [1.165, 1.54) is 6.07 Å². The van der Waals surface area contributed by atoms with E-state index in [0.29, 0.717) is 42.4 Å². The average molecular weight is 353 g/mol. The Balaban J connectivity index is 0.00000208. The van der Waals surface area contributed by atoms with Crippen molar-refractivity contribution in [2.75, 3.05) is 19.6 Å². The summed E-state index contributed by atoms with van der Waals surface area (Å²) in [6.07, 6.45) is 1.92. The number of furan rings is 1. The third kappa shape index (κ3) is 4.16. The highest BCUT2D eigenvalue weighted by molar-refractivity contribution is 5.85. The van der Waals surface area contributed by atoms with Crippen molar-refractivity contribution in [1.29, 1.82) is 0 Å². The Morgan fingerprint density at radius 2 is 2.08 bits per heavy atom. The maximum Gasteiger partial charge on any atom is 0.223 e. The van der Waals surface area contributed by atoms with Gasteiger partial charge in [-0.15, -0.1) is 12.4 Å². The van der Waals surface area contributed by atoms with Gasteiger partial charge in [0.25, 0.3) is 0 Å². The number of nitrogens with two attached hydrogens (primary N) is 1. The van der Waals surface area contributed by atoms with E-state index in [9.17, 15) is 9.18 Å². The predicted molar refractivity (Wildman–Crippen MR) is 93.4 cm³/mol. The molecule has 2 aromatic rings. The molecule has 1 aliphatic rings. The highest BCUT2D eigenvalue weighted by atomic mass is 35.5. The number of halogens is 2. The summed E-state index contributed by atoms with van der Waals surface area (Å²) in [6.45, 7) is 2.18. The molecular formula is C18H22ClFN2O2. The van der Waals surface area contributed by atoms with Crippen LogP contribution >= 0.6 is 12.4 Å². The molecule has 1 saturated heterocycles. The smallest absolute Gasteiger partial charge is 0.223 e. The lowest BCUT2D eigenvalue weighted by atomic mass is 10.1. The predicted octanol–water partition coefficient (Wildman–Crippen LogP) is 3.25. The van der Waals surface area contributed by atoms with Crippen LogP contribution in [-0.2, 0) is 11.2 Å². The van der Waals surface area contributed by atoms with Gasteiger partial charge in [-0.1, -0.05) is 12.1 Å². The van der Waals surface area contributed by atoms with Crippen LogP contribution in [0.5, 0.6) is 0 Å². The van der Waals surface area contributed by atoms with Gasteiger partial charge in [-0.05, 0) is 43.1 Å². The molecule has 1 atom stereocenters. The molecule has 1 amide bonds. The molecule has 2 heterocycles. The third-order valence-corrected chi connectivity index (χ3v) is 4.36. The van der Waals surface area contributed by atoms with Crippen LogP contribution in [-0.4, -0.2) is 30.4 Å². The lowest BCUT2D eigenvalue weighted by Crippen LogP contribution is -2.29. The van der Waals surface area contributed by atoms with Gasteiger partial charge in [0.15, 0.2) is 0 Å². The number of nitrogens with zero attached hydrogens (tertiary/aromatic N) is 1. The number of carbonyl (C=O) groups is 1. The first-order valence-corrected chi connectivity index (χ1v) is 7.99. The van der Waals surface area contributed by atoms with E-state index in [4.69, 9.17) is 10.2 Å². The topological polar surface area (TPSA) is 59.5 Å². The maximum absolute atomic E-state index is 13.7. The number of hydrogen-bond donors (Lipinski definition) is 1. The van der Waals surface area contributed by atoms with E-state index in [1.807, 2.05) is 11.0 Å². The van der Waals surface area contributed by atoms with E-state index < -0.39 is 0 Å². The number of hydrogen-bond acceptors (Lipinski definition) is 3. The minimum absolute atomic E-state index is 0. The molecule has 1 aromatic carbocycles. The standard InChI is InChI=1S/C18H21FN2O2.ClH/c19-16-4-2-1-3-15(16)17-7-5-14(23-17)6-8-18(22)21-10-9-13(11-20)12-21;/h1-5,7,13H,6,8-12,20H2;1H. The van der Waals surface area contributed by atoms with Crippen LogP contribution in [0.25, 0.3) is 11.3 Å². The van der Waals surface area contributed by atoms with Crippen molar-refractivity contribution in [2.24, 2.45) is 11.7 Å². The van der Waals surface area contributed by atoms with Crippen molar-refractivity contribution in [1.82, 2.24) is 4.90 Å². The average Bonchev–Trinajstić information content (AvgIpc) is 3.22. The fourth-order valence-corrected chi connectivity index (χ4v) is 2.96. The number of amides is 1. The fraction of sp³-hybridized carbons (Fsp3) is 0.389. The Labute approximate surface area is 147 Å². The molecule has 2 N–H and O–H groups in total. The van der Waals surface area contributed by atoms with Gasteiger partial charge in [-0.3, -0.25) is 4.79 Å². The monoisotopic (exact) mass is 352 g/mol. The summed E-state index contributed by atoms with van der Waals surface area (Å²) in [7, 11) is 0. The van der Waals surface area contributed by atoms with Gasteiger partial charge in [0.05, 0.1) is 5.56 Å². The summed E-state index contributed by atoms with van der Waals surface area (Å²) >= 11 is 0. The van der Waals surface area contributed by atoms with Crippen molar-refractivity contribution < 1.29 is 13.6 Å². The molecule has 3 rings (SSSR count). The number of likely N-dealkylation sites (tertiary alicyclic amines) is 1. The highest BCUT2D eigenvalue weighted by Crippen LogP contribution is 2.25. The molecule has 1 fully saturated rings. The van der Waals surface area contributed by atoms with Crippen LogP contribution < -0.4 is 5.73 Å². The minimum Gasteiger partial charge on any atom is -0.461 e. The van der Waals surface area contributed by atoms with E-state index >= 15 is 0 Å². The summed E-state index contributed by atoms with van der Waals surface area (Å²) < 4.78 is 19.4. The fourth-order valence-electron chi connectivity index (χ4n) is 2.96. The Kier molecular flexibility index (Phi) is 6.40. The van der Waals surface area contributed by atoms with Crippen LogP contribution in [0.1, 0.15) is 18.6 Å². The van der Waals surface area contributed by atoms with Gasteiger partial charge in [0.2, 0.25) is 5.91 Å². The van der Waals surface area contributed by atoms with Crippen LogP contribution in [0.15, 0.2) is 40.8 Å². The largest absolute Gasteiger partial charge is 0.461 e. The molecule has 0 radical (unpaired) electrons. The van der Waals surface area contributed by atoms with E-state index in [-0.39, 0.29) is 24.1 Å². The second kappa shape index (κ2) is 8.31. The Morgan fingerprint density at radius 3 is 2.79 bits per heavy atom. The molecule has 0 bridgehead atoms. The van der Waals surface area contributed by atoms with Gasteiger partial charge in [0.1, 0.15) is 17.3 Å². The maximum atomic E-state index is 13.7. The van der Waals surface area contributed by atoms with Gasteiger partial charge in [-0.25, -0.2) is 4.39 Å². The molecule has 1 aliphatic heterocycles. The third-order valence-electron chi connectivity index (χ3n) is 4.36. The van der Waals surface area contributed by atoms with Crippen molar-refractivity contribution in [2.45, 2.75) is 19.3 Å². The van der Waals surface area contributed by atoms with Crippen molar-refractivity contribution in [3.8, 4) is 11.3 Å². The molecule has 6 heteroatoms. The SMILES string of the molecule is Cl.NCC1CCN(C(=O)CCc2ccc(-c3ccccc3F)o2)C1. The number of aryl methyl sites for hydroxylation is 1. The zero-order valence-corrected chi connectivity index (χ0v) is 14.2. The van der Waals surface area contributed by atoms with Crippen LogP contribution in [0.3, 0.4) is 0 Å². The molecule has 130 valence electrons. The molecule has 0 saturated carbocycles. The molecule has 1 unspecified atom stereocenters. The molecule has 1 aromatic heterocycles. The number of benzene rings is 1. The lowest BCUT2D eigenvalue weighted by molar-refractivity contribution is -0.130. The summed E-state index contributed by atoms with van der Waals surface area (Å²) in [6, 6.07) is 10.1. The molecule has 24 heavy (non-hydrogen) atoms. The van der Waals surface area contributed by atoms with Crippen molar-refractivity contribution in [3.05, 3.63) is 48.0 Å². The van der Waals surface area contributed by atoms with Gasteiger partial charge in [0, 0.05) is 25.9 Å². The van der Waals surface area contributed by atoms with Crippen LogP contribution in [0.2, 0.25) is 0 Å². The van der Waals surface area contributed by atoms with Gasteiger partial charge < -0.3 is 15.1 Å². The summed E-state index contributed by atoms with van der Waals surface area (Å²) in [5, 5.41) is 0.